The van der Waals surface area contributed by atoms with Gasteiger partial charge in [-0.25, -0.2) is 12.7 Å². The van der Waals surface area contributed by atoms with Gasteiger partial charge in [-0.2, -0.15) is 0 Å². The Balaban J connectivity index is 1.31. The van der Waals surface area contributed by atoms with Gasteiger partial charge in [-0.05, 0) is 71.8 Å². The molecule has 2 N–H and O–H groups in total. The number of benzene rings is 3. The summed E-state index contributed by atoms with van der Waals surface area (Å²) in [6, 6.07) is 19.2. The van der Waals surface area contributed by atoms with E-state index in [-0.39, 0.29) is 42.0 Å². The van der Waals surface area contributed by atoms with E-state index in [2.05, 4.69) is 31.4 Å². The van der Waals surface area contributed by atoms with Crippen molar-refractivity contribution in [1.82, 2.24) is 4.31 Å². The summed E-state index contributed by atoms with van der Waals surface area (Å²) < 4.78 is 27.3. The highest BCUT2D eigenvalue weighted by Gasteiger charge is 2.31. The number of nitrogens with zero attached hydrogens (tertiary/aromatic N) is 1. The van der Waals surface area contributed by atoms with Crippen molar-refractivity contribution in [3.05, 3.63) is 93.5 Å². The number of piperidine rings is 1. The van der Waals surface area contributed by atoms with Gasteiger partial charge in [0.15, 0.2) is 0 Å². The highest BCUT2D eigenvalue weighted by Crippen LogP contribution is 2.27. The molecule has 1 saturated heterocycles. The molecule has 1 fully saturated rings. The second-order valence-electron chi connectivity index (χ2n) is 11.0. The van der Waals surface area contributed by atoms with Crippen LogP contribution in [0.1, 0.15) is 55.1 Å². The summed E-state index contributed by atoms with van der Waals surface area (Å²) in [5.74, 6) is -0.972. The topological polar surface area (TPSA) is 95.6 Å². The Kier molecular flexibility index (Phi) is 9.25. The first-order valence-corrected chi connectivity index (χ1v) is 15.4. The van der Waals surface area contributed by atoms with Crippen LogP contribution >= 0.6 is 23.2 Å². The smallest absolute Gasteiger partial charge is 0.255 e. The van der Waals surface area contributed by atoms with E-state index >= 15 is 0 Å². The van der Waals surface area contributed by atoms with Crippen molar-refractivity contribution < 1.29 is 18.0 Å². The molecule has 0 bridgehead atoms. The van der Waals surface area contributed by atoms with E-state index < -0.39 is 10.0 Å². The van der Waals surface area contributed by atoms with Crippen molar-refractivity contribution in [3.63, 3.8) is 0 Å². The maximum Gasteiger partial charge on any atom is 0.255 e. The molecule has 40 heavy (non-hydrogen) atoms. The Morgan fingerprint density at radius 2 is 1.52 bits per heavy atom. The van der Waals surface area contributed by atoms with Gasteiger partial charge < -0.3 is 10.6 Å². The summed E-state index contributed by atoms with van der Waals surface area (Å²) >= 11 is 12.1. The number of rotatable bonds is 7. The predicted octanol–water partition coefficient (Wildman–Crippen LogP) is 6.72. The number of halogens is 2. The molecule has 2 amide bonds. The fourth-order valence-electron chi connectivity index (χ4n) is 4.57. The van der Waals surface area contributed by atoms with Gasteiger partial charge in [0.05, 0.1) is 5.75 Å². The zero-order valence-corrected chi connectivity index (χ0v) is 25.0. The van der Waals surface area contributed by atoms with Crippen LogP contribution in [0.25, 0.3) is 0 Å². The number of hydrogen-bond acceptors (Lipinski definition) is 4. The van der Waals surface area contributed by atoms with Gasteiger partial charge in [0, 0.05) is 46.0 Å². The molecule has 1 aliphatic heterocycles. The van der Waals surface area contributed by atoms with E-state index in [1.807, 2.05) is 12.1 Å². The predicted molar refractivity (Wildman–Crippen MR) is 162 cm³/mol. The standard InChI is InChI=1S/C30H33Cl2N3O4S/c1-30(2,3)23-10-7-20(8-11-23)28(36)33-25-5-4-6-26(18-25)34-29(37)21-13-15-35(16-14-21)40(38,39)19-22-9-12-24(31)17-27(22)32/h4-12,17-18,21H,13-16,19H2,1-3H3,(H,33,36)(H,34,37). The number of carbonyl (C=O) groups is 2. The first kappa shape index (κ1) is 30.1. The molecule has 0 unspecified atom stereocenters. The second-order valence-corrected chi connectivity index (χ2v) is 13.8. The number of nitrogens with one attached hydrogen (secondary N) is 2. The average molecular weight is 603 g/mol. The van der Waals surface area contributed by atoms with E-state index in [0.29, 0.717) is 45.4 Å². The molecular formula is C30H33Cl2N3O4S. The Bertz CT molecular complexity index is 1490. The highest BCUT2D eigenvalue weighted by atomic mass is 35.5. The molecule has 7 nitrogen and oxygen atoms in total. The summed E-state index contributed by atoms with van der Waals surface area (Å²) in [6.07, 6.45) is 0.806. The summed E-state index contributed by atoms with van der Waals surface area (Å²) in [7, 11) is -3.60. The van der Waals surface area contributed by atoms with Crippen molar-refractivity contribution in [2.45, 2.75) is 44.8 Å². The molecule has 212 valence electrons. The molecular weight excluding hydrogens is 569 g/mol. The van der Waals surface area contributed by atoms with Gasteiger partial charge in [0.1, 0.15) is 0 Å². The van der Waals surface area contributed by atoms with Gasteiger partial charge in [0.25, 0.3) is 5.91 Å². The maximum atomic E-state index is 13.0. The average Bonchev–Trinajstić information content (AvgIpc) is 2.90. The van der Waals surface area contributed by atoms with Gasteiger partial charge in [-0.15, -0.1) is 0 Å². The van der Waals surface area contributed by atoms with Gasteiger partial charge >= 0.3 is 0 Å². The van der Waals surface area contributed by atoms with Crippen LogP contribution in [-0.4, -0.2) is 37.6 Å². The third-order valence-electron chi connectivity index (χ3n) is 6.97. The molecule has 0 atom stereocenters. The van der Waals surface area contributed by atoms with Crippen LogP contribution in [0.4, 0.5) is 11.4 Å². The first-order valence-electron chi connectivity index (χ1n) is 13.1. The molecule has 0 aliphatic carbocycles. The SMILES string of the molecule is CC(C)(C)c1ccc(C(=O)Nc2cccc(NC(=O)C3CCN(S(=O)(=O)Cc4ccc(Cl)cc4Cl)CC3)c2)cc1. The quantitative estimate of drug-likeness (QED) is 0.314. The largest absolute Gasteiger partial charge is 0.326 e. The highest BCUT2D eigenvalue weighted by molar-refractivity contribution is 7.88. The number of carbonyl (C=O) groups excluding carboxylic acids is 2. The van der Waals surface area contributed by atoms with Gasteiger partial charge in [0.2, 0.25) is 15.9 Å². The van der Waals surface area contributed by atoms with E-state index in [1.54, 1.807) is 48.5 Å². The monoisotopic (exact) mass is 601 g/mol. The zero-order valence-electron chi connectivity index (χ0n) is 22.7. The van der Waals surface area contributed by atoms with Crippen LogP contribution in [0.5, 0.6) is 0 Å². The molecule has 3 aromatic carbocycles. The normalized spacial score (nSPS) is 15.0. The van der Waals surface area contributed by atoms with E-state index in [0.717, 1.165) is 5.56 Å². The van der Waals surface area contributed by atoms with Crippen molar-refractivity contribution in [1.29, 1.82) is 0 Å². The lowest BCUT2D eigenvalue weighted by Gasteiger charge is -2.30. The molecule has 10 heteroatoms. The minimum absolute atomic E-state index is 0.00186. The van der Waals surface area contributed by atoms with Gasteiger partial charge in [-0.1, -0.05) is 68.2 Å². The lowest BCUT2D eigenvalue weighted by molar-refractivity contribution is -0.120. The number of amides is 2. The third kappa shape index (κ3) is 7.63. The van der Waals surface area contributed by atoms with Crippen molar-refractivity contribution in [2.75, 3.05) is 23.7 Å². The molecule has 0 saturated carbocycles. The summed E-state index contributed by atoms with van der Waals surface area (Å²) in [5.41, 5.74) is 3.28. The van der Waals surface area contributed by atoms with Crippen LogP contribution in [0.3, 0.4) is 0 Å². The molecule has 3 aromatic rings. The van der Waals surface area contributed by atoms with E-state index in [4.69, 9.17) is 23.2 Å². The van der Waals surface area contributed by atoms with Gasteiger partial charge in [-0.3, -0.25) is 9.59 Å². The number of anilines is 2. The van der Waals surface area contributed by atoms with Crippen LogP contribution in [0, 0.1) is 5.92 Å². The van der Waals surface area contributed by atoms with Crippen LogP contribution in [0.15, 0.2) is 66.7 Å². The maximum absolute atomic E-state index is 13.0. The Labute approximate surface area is 245 Å². The molecule has 0 aromatic heterocycles. The molecule has 4 rings (SSSR count). The fourth-order valence-corrected chi connectivity index (χ4v) is 6.72. The minimum Gasteiger partial charge on any atom is -0.326 e. The van der Waals surface area contributed by atoms with E-state index in [9.17, 15) is 18.0 Å². The summed E-state index contributed by atoms with van der Waals surface area (Å²) in [5, 5.41) is 6.53. The van der Waals surface area contributed by atoms with E-state index in [1.165, 1.54) is 10.4 Å². The Morgan fingerprint density at radius 3 is 2.12 bits per heavy atom. The van der Waals surface area contributed by atoms with Crippen LogP contribution in [0.2, 0.25) is 10.0 Å². The van der Waals surface area contributed by atoms with Crippen molar-refractivity contribution >= 4 is 56.4 Å². The summed E-state index contributed by atoms with van der Waals surface area (Å²) in [6.45, 7) is 6.84. The molecule has 0 radical (unpaired) electrons. The van der Waals surface area contributed by atoms with Crippen molar-refractivity contribution in [3.8, 4) is 0 Å². The fraction of sp³-hybridized carbons (Fsp3) is 0.333. The molecule has 1 heterocycles. The second kappa shape index (κ2) is 12.3. The Morgan fingerprint density at radius 1 is 0.900 bits per heavy atom. The van der Waals surface area contributed by atoms with Crippen LogP contribution in [-0.2, 0) is 26.0 Å². The lowest BCUT2D eigenvalue weighted by Crippen LogP contribution is -2.41. The molecule has 0 spiro atoms. The minimum atomic E-state index is -3.60. The number of sulfonamides is 1. The lowest BCUT2D eigenvalue weighted by atomic mass is 9.87. The van der Waals surface area contributed by atoms with Crippen LogP contribution < -0.4 is 10.6 Å². The third-order valence-corrected chi connectivity index (χ3v) is 9.39. The Hall–Kier alpha value is -2.91. The zero-order chi connectivity index (χ0) is 29.1. The first-order chi connectivity index (χ1) is 18.8. The van der Waals surface area contributed by atoms with Crippen molar-refractivity contribution in [2.24, 2.45) is 5.92 Å². The molecule has 1 aliphatic rings. The summed E-state index contributed by atoms with van der Waals surface area (Å²) in [4.78, 5) is 25.7. The number of hydrogen-bond donors (Lipinski definition) is 2.